The lowest BCUT2D eigenvalue weighted by atomic mass is 9.78. The minimum absolute atomic E-state index is 0.0459. The van der Waals surface area contributed by atoms with Crippen LogP contribution in [0.3, 0.4) is 0 Å². The predicted octanol–water partition coefficient (Wildman–Crippen LogP) is 2.20. The molecular weight excluding hydrogens is 246 g/mol. The molecule has 7 nitrogen and oxygen atoms in total. The topological polar surface area (TPSA) is 107 Å². The second-order valence-corrected chi connectivity index (χ2v) is 5.24. The van der Waals surface area contributed by atoms with E-state index in [9.17, 15) is 10.1 Å². The summed E-state index contributed by atoms with van der Waals surface area (Å²) in [7, 11) is 0. The highest BCUT2D eigenvalue weighted by Crippen LogP contribution is 2.33. The highest BCUT2D eigenvalue weighted by molar-refractivity contribution is 5.56. The molecule has 1 saturated carbocycles. The van der Waals surface area contributed by atoms with Crippen LogP contribution in [0.25, 0.3) is 0 Å². The maximum Gasteiger partial charge on any atom is 0.329 e. The van der Waals surface area contributed by atoms with Gasteiger partial charge in [-0.15, -0.1) is 0 Å². The highest BCUT2D eigenvalue weighted by atomic mass is 16.6. The van der Waals surface area contributed by atoms with E-state index >= 15 is 0 Å². The Morgan fingerprint density at radius 2 is 2.21 bits per heavy atom. The molecule has 2 rings (SSSR count). The van der Waals surface area contributed by atoms with Gasteiger partial charge in [0.1, 0.15) is 6.20 Å². The van der Waals surface area contributed by atoms with Crippen molar-refractivity contribution in [1.82, 2.24) is 9.97 Å². The molecule has 1 heterocycles. The van der Waals surface area contributed by atoms with Gasteiger partial charge in [-0.3, -0.25) is 10.1 Å². The molecule has 0 bridgehead atoms. The minimum atomic E-state index is -0.487. The largest absolute Gasteiger partial charge is 0.368 e. The molecule has 3 N–H and O–H groups in total. The van der Waals surface area contributed by atoms with Crippen molar-refractivity contribution in [1.29, 1.82) is 0 Å². The third-order valence-corrected chi connectivity index (χ3v) is 4.01. The van der Waals surface area contributed by atoms with E-state index in [0.717, 1.165) is 19.0 Å². The summed E-state index contributed by atoms with van der Waals surface area (Å²) in [6.45, 7) is 4.37. The first-order valence-electron chi connectivity index (χ1n) is 6.52. The van der Waals surface area contributed by atoms with Gasteiger partial charge in [-0.2, -0.15) is 4.98 Å². The summed E-state index contributed by atoms with van der Waals surface area (Å²) in [6.07, 6.45) is 4.47. The molecule has 19 heavy (non-hydrogen) atoms. The molecule has 1 aliphatic carbocycles. The van der Waals surface area contributed by atoms with Crippen LogP contribution in [0.15, 0.2) is 6.20 Å². The van der Waals surface area contributed by atoms with Crippen LogP contribution in [-0.4, -0.2) is 20.9 Å². The number of nitro groups is 1. The number of hydrogen-bond donors (Lipinski definition) is 2. The molecule has 0 amide bonds. The first kappa shape index (κ1) is 13.5. The third kappa shape index (κ3) is 2.91. The minimum Gasteiger partial charge on any atom is -0.368 e. The number of rotatable bonds is 3. The highest BCUT2D eigenvalue weighted by Gasteiger charge is 2.29. The Balaban J connectivity index is 2.22. The molecule has 1 aromatic heterocycles. The Kier molecular flexibility index (Phi) is 3.82. The Morgan fingerprint density at radius 3 is 2.89 bits per heavy atom. The number of nitrogens with two attached hydrogens (primary N) is 1. The number of anilines is 2. The summed E-state index contributed by atoms with van der Waals surface area (Å²) in [4.78, 5) is 18.1. The Morgan fingerprint density at radius 1 is 1.47 bits per heavy atom. The normalized spacial score (nSPS) is 26.9. The quantitative estimate of drug-likeness (QED) is 0.641. The molecule has 104 valence electrons. The molecule has 0 saturated heterocycles. The van der Waals surface area contributed by atoms with Crippen LogP contribution in [0.5, 0.6) is 0 Å². The van der Waals surface area contributed by atoms with Gasteiger partial charge < -0.3 is 11.1 Å². The SMILES string of the molecule is CC1CCCC(Nc2nc(N)ncc2[N+](=O)[O-])C1C. The predicted molar refractivity (Wildman–Crippen MR) is 72.7 cm³/mol. The van der Waals surface area contributed by atoms with E-state index < -0.39 is 4.92 Å². The lowest BCUT2D eigenvalue weighted by Crippen LogP contribution is -2.35. The summed E-state index contributed by atoms with van der Waals surface area (Å²) in [5.41, 5.74) is 5.38. The van der Waals surface area contributed by atoms with Crippen LogP contribution in [0.2, 0.25) is 0 Å². The van der Waals surface area contributed by atoms with Crippen molar-refractivity contribution in [2.45, 2.75) is 39.2 Å². The molecule has 1 aromatic rings. The second-order valence-electron chi connectivity index (χ2n) is 5.24. The summed E-state index contributed by atoms with van der Waals surface area (Å²) in [5, 5.41) is 14.1. The molecule has 0 radical (unpaired) electrons. The molecular formula is C12H19N5O2. The average Bonchev–Trinajstić information content (AvgIpc) is 2.35. The van der Waals surface area contributed by atoms with E-state index in [1.807, 2.05) is 0 Å². The van der Waals surface area contributed by atoms with Crippen molar-refractivity contribution in [3.63, 3.8) is 0 Å². The second kappa shape index (κ2) is 5.38. The van der Waals surface area contributed by atoms with Crippen molar-refractivity contribution >= 4 is 17.5 Å². The molecule has 1 aliphatic rings. The van der Waals surface area contributed by atoms with Gasteiger partial charge >= 0.3 is 5.69 Å². The van der Waals surface area contributed by atoms with Crippen LogP contribution in [0.4, 0.5) is 17.5 Å². The number of nitrogens with zero attached hydrogens (tertiary/aromatic N) is 3. The van der Waals surface area contributed by atoms with Gasteiger partial charge in [0, 0.05) is 6.04 Å². The van der Waals surface area contributed by atoms with Gasteiger partial charge in [-0.05, 0) is 18.3 Å². The summed E-state index contributed by atoms with van der Waals surface area (Å²) >= 11 is 0. The third-order valence-electron chi connectivity index (χ3n) is 4.01. The summed E-state index contributed by atoms with van der Waals surface area (Å²) < 4.78 is 0. The van der Waals surface area contributed by atoms with E-state index in [4.69, 9.17) is 5.73 Å². The molecule has 3 atom stereocenters. The van der Waals surface area contributed by atoms with Crippen LogP contribution < -0.4 is 11.1 Å². The Bertz CT molecular complexity index is 479. The summed E-state index contributed by atoms with van der Waals surface area (Å²) in [5.74, 6) is 1.32. The van der Waals surface area contributed by atoms with E-state index in [1.165, 1.54) is 6.42 Å². The molecule has 7 heteroatoms. The zero-order valence-corrected chi connectivity index (χ0v) is 11.2. The van der Waals surface area contributed by atoms with E-state index in [2.05, 4.69) is 29.1 Å². The van der Waals surface area contributed by atoms with Crippen molar-refractivity contribution < 1.29 is 4.92 Å². The smallest absolute Gasteiger partial charge is 0.329 e. The molecule has 0 aromatic carbocycles. The number of aromatic nitrogens is 2. The monoisotopic (exact) mass is 265 g/mol. The molecule has 0 spiro atoms. The average molecular weight is 265 g/mol. The van der Waals surface area contributed by atoms with Gasteiger partial charge in [0.2, 0.25) is 11.8 Å². The van der Waals surface area contributed by atoms with Crippen molar-refractivity contribution in [3.8, 4) is 0 Å². The van der Waals surface area contributed by atoms with E-state index in [-0.39, 0.29) is 23.5 Å². The Hall–Kier alpha value is -1.92. The van der Waals surface area contributed by atoms with Gasteiger partial charge in [-0.25, -0.2) is 4.98 Å². The molecule has 3 unspecified atom stereocenters. The Labute approximate surface area is 111 Å². The first-order chi connectivity index (χ1) is 8.99. The fourth-order valence-electron chi connectivity index (χ4n) is 2.59. The van der Waals surface area contributed by atoms with Gasteiger partial charge in [-0.1, -0.05) is 26.7 Å². The van der Waals surface area contributed by atoms with Crippen LogP contribution in [0, 0.1) is 22.0 Å². The zero-order valence-electron chi connectivity index (χ0n) is 11.2. The zero-order chi connectivity index (χ0) is 14.0. The maximum absolute atomic E-state index is 11.0. The number of nitrogen functional groups attached to an aromatic ring is 1. The van der Waals surface area contributed by atoms with Gasteiger partial charge in [0.15, 0.2) is 0 Å². The van der Waals surface area contributed by atoms with Crippen LogP contribution >= 0.6 is 0 Å². The number of hydrogen-bond acceptors (Lipinski definition) is 6. The maximum atomic E-state index is 11.0. The van der Waals surface area contributed by atoms with E-state index in [1.54, 1.807) is 0 Å². The van der Waals surface area contributed by atoms with Gasteiger partial charge in [0.05, 0.1) is 4.92 Å². The fourth-order valence-corrected chi connectivity index (χ4v) is 2.59. The fraction of sp³-hybridized carbons (Fsp3) is 0.667. The standard InChI is InChI=1S/C12H19N5O2/c1-7-4-3-5-9(8(7)2)15-11-10(17(18)19)6-14-12(13)16-11/h6-9H,3-5H2,1-2H3,(H3,13,14,15,16). The molecule has 0 aliphatic heterocycles. The van der Waals surface area contributed by atoms with Crippen molar-refractivity contribution in [3.05, 3.63) is 16.3 Å². The lowest BCUT2D eigenvalue weighted by Gasteiger charge is -2.34. The van der Waals surface area contributed by atoms with Crippen molar-refractivity contribution in [2.24, 2.45) is 11.8 Å². The van der Waals surface area contributed by atoms with Crippen LogP contribution in [-0.2, 0) is 0 Å². The summed E-state index contributed by atoms with van der Waals surface area (Å²) in [6, 6.07) is 0.191. The number of nitrogens with one attached hydrogen (secondary N) is 1. The first-order valence-corrected chi connectivity index (χ1v) is 6.52. The van der Waals surface area contributed by atoms with E-state index in [0.29, 0.717) is 11.8 Å². The van der Waals surface area contributed by atoms with Crippen molar-refractivity contribution in [2.75, 3.05) is 11.1 Å². The van der Waals surface area contributed by atoms with Gasteiger partial charge in [0.25, 0.3) is 0 Å². The van der Waals surface area contributed by atoms with Crippen LogP contribution in [0.1, 0.15) is 33.1 Å². The molecule has 1 fully saturated rings. The lowest BCUT2D eigenvalue weighted by molar-refractivity contribution is -0.384.